The van der Waals surface area contributed by atoms with Crippen LogP contribution in [0.25, 0.3) is 0 Å². The highest BCUT2D eigenvalue weighted by Crippen LogP contribution is 2.32. The van der Waals surface area contributed by atoms with Gasteiger partial charge in [-0.3, -0.25) is 4.79 Å². The van der Waals surface area contributed by atoms with Crippen LogP contribution in [0.1, 0.15) is 26.8 Å². The first-order chi connectivity index (χ1) is 8.77. The first kappa shape index (κ1) is 11.4. The standard InChI is InChI=1S/C14H13NO2S/c15-12(11-5-2-8-18-11)13(16)10-4-1-3-9-6-7-17-14(9)10/h1-5,8,12H,6-7,15H2. The van der Waals surface area contributed by atoms with E-state index in [2.05, 4.69) is 0 Å². The molecular formula is C14H13NO2S. The molecule has 0 bridgehead atoms. The number of nitrogens with two attached hydrogens (primary N) is 1. The van der Waals surface area contributed by atoms with Gasteiger partial charge in [-0.05, 0) is 23.1 Å². The molecule has 1 aliphatic heterocycles. The van der Waals surface area contributed by atoms with E-state index in [-0.39, 0.29) is 5.78 Å². The topological polar surface area (TPSA) is 52.3 Å². The van der Waals surface area contributed by atoms with Gasteiger partial charge < -0.3 is 10.5 Å². The van der Waals surface area contributed by atoms with Crippen molar-refractivity contribution in [2.45, 2.75) is 12.5 Å². The molecule has 2 heterocycles. The molecule has 0 spiro atoms. The van der Waals surface area contributed by atoms with Crippen molar-refractivity contribution in [3.05, 3.63) is 51.7 Å². The van der Waals surface area contributed by atoms with Crippen molar-refractivity contribution in [1.29, 1.82) is 0 Å². The number of hydrogen-bond acceptors (Lipinski definition) is 4. The molecule has 3 rings (SSSR count). The van der Waals surface area contributed by atoms with Crippen molar-refractivity contribution < 1.29 is 9.53 Å². The predicted octanol–water partition coefficient (Wildman–Crippen LogP) is 2.57. The number of hydrogen-bond donors (Lipinski definition) is 1. The molecule has 4 heteroatoms. The highest BCUT2D eigenvalue weighted by Gasteiger charge is 2.25. The SMILES string of the molecule is NC(C(=O)c1cccc2c1OCC2)c1cccs1. The molecule has 1 aliphatic rings. The quantitative estimate of drug-likeness (QED) is 0.862. The predicted molar refractivity (Wildman–Crippen MR) is 71.2 cm³/mol. The highest BCUT2D eigenvalue weighted by atomic mass is 32.1. The van der Waals surface area contributed by atoms with Crippen LogP contribution in [0.15, 0.2) is 35.7 Å². The minimum Gasteiger partial charge on any atom is -0.492 e. The van der Waals surface area contributed by atoms with Crippen LogP contribution in [0, 0.1) is 0 Å². The second-order valence-electron chi connectivity index (χ2n) is 4.25. The van der Waals surface area contributed by atoms with E-state index in [1.54, 1.807) is 6.07 Å². The summed E-state index contributed by atoms with van der Waals surface area (Å²) in [6.07, 6.45) is 0.866. The number of thiophene rings is 1. The third kappa shape index (κ3) is 1.83. The Morgan fingerprint density at radius 2 is 2.22 bits per heavy atom. The van der Waals surface area contributed by atoms with Crippen LogP contribution < -0.4 is 10.5 Å². The number of Topliss-reactive ketones (excluding diaryl/α,β-unsaturated/α-hetero) is 1. The van der Waals surface area contributed by atoms with E-state index < -0.39 is 6.04 Å². The third-order valence-corrected chi connectivity index (χ3v) is 4.07. The number of rotatable bonds is 3. The smallest absolute Gasteiger partial charge is 0.188 e. The van der Waals surface area contributed by atoms with E-state index in [1.807, 2.05) is 29.6 Å². The number of para-hydroxylation sites is 1. The molecule has 0 saturated carbocycles. The Balaban J connectivity index is 1.96. The molecule has 92 valence electrons. The highest BCUT2D eigenvalue weighted by molar-refractivity contribution is 7.10. The molecule has 2 aromatic rings. The van der Waals surface area contributed by atoms with Gasteiger partial charge in [-0.2, -0.15) is 0 Å². The molecule has 0 aliphatic carbocycles. The first-order valence-electron chi connectivity index (χ1n) is 5.85. The number of benzene rings is 1. The van der Waals surface area contributed by atoms with Gasteiger partial charge >= 0.3 is 0 Å². The summed E-state index contributed by atoms with van der Waals surface area (Å²) in [4.78, 5) is 13.3. The zero-order valence-corrected chi connectivity index (χ0v) is 10.6. The fourth-order valence-corrected chi connectivity index (χ4v) is 2.90. The fraction of sp³-hybridized carbons (Fsp3) is 0.214. The van der Waals surface area contributed by atoms with Crippen LogP contribution in [0.5, 0.6) is 5.75 Å². The Morgan fingerprint density at radius 3 is 3.00 bits per heavy atom. The van der Waals surface area contributed by atoms with Gasteiger partial charge in [0, 0.05) is 11.3 Å². The minimum absolute atomic E-state index is 0.0730. The largest absolute Gasteiger partial charge is 0.492 e. The lowest BCUT2D eigenvalue weighted by atomic mass is 10.00. The van der Waals surface area contributed by atoms with E-state index in [4.69, 9.17) is 10.5 Å². The van der Waals surface area contributed by atoms with Crippen molar-refractivity contribution in [2.75, 3.05) is 6.61 Å². The van der Waals surface area contributed by atoms with Gasteiger partial charge in [0.15, 0.2) is 5.78 Å². The maximum absolute atomic E-state index is 12.4. The molecular weight excluding hydrogens is 246 g/mol. The molecule has 3 nitrogen and oxygen atoms in total. The van der Waals surface area contributed by atoms with Gasteiger partial charge in [-0.15, -0.1) is 11.3 Å². The van der Waals surface area contributed by atoms with Crippen LogP contribution >= 0.6 is 11.3 Å². The van der Waals surface area contributed by atoms with Crippen molar-refractivity contribution in [3.63, 3.8) is 0 Å². The van der Waals surface area contributed by atoms with Crippen LogP contribution in [0.3, 0.4) is 0 Å². The lowest BCUT2D eigenvalue weighted by Gasteiger charge is -2.11. The number of ether oxygens (including phenoxy) is 1. The molecule has 1 unspecified atom stereocenters. The number of ketones is 1. The van der Waals surface area contributed by atoms with Gasteiger partial charge in [0.25, 0.3) is 0 Å². The van der Waals surface area contributed by atoms with Gasteiger partial charge in [-0.25, -0.2) is 0 Å². The van der Waals surface area contributed by atoms with E-state index in [9.17, 15) is 4.79 Å². The summed E-state index contributed by atoms with van der Waals surface area (Å²) < 4.78 is 5.55. The molecule has 0 amide bonds. The van der Waals surface area contributed by atoms with E-state index in [0.717, 1.165) is 22.6 Å². The minimum atomic E-state index is -0.597. The zero-order chi connectivity index (χ0) is 12.5. The number of carbonyl (C=O) groups is 1. The van der Waals surface area contributed by atoms with Crippen LogP contribution in [0.4, 0.5) is 0 Å². The Kier molecular flexibility index (Phi) is 2.89. The van der Waals surface area contributed by atoms with E-state index >= 15 is 0 Å². The lowest BCUT2D eigenvalue weighted by Crippen LogP contribution is -2.21. The fourth-order valence-electron chi connectivity index (χ4n) is 2.17. The van der Waals surface area contributed by atoms with Gasteiger partial charge in [0.05, 0.1) is 12.2 Å². The number of fused-ring (bicyclic) bond motifs is 1. The van der Waals surface area contributed by atoms with Crippen LogP contribution in [-0.4, -0.2) is 12.4 Å². The summed E-state index contributed by atoms with van der Waals surface area (Å²) in [6.45, 7) is 0.647. The van der Waals surface area contributed by atoms with Crippen LogP contribution in [0.2, 0.25) is 0 Å². The van der Waals surface area contributed by atoms with Crippen molar-refractivity contribution in [2.24, 2.45) is 5.73 Å². The second-order valence-corrected chi connectivity index (χ2v) is 5.23. The Hall–Kier alpha value is -1.65. The summed E-state index contributed by atoms with van der Waals surface area (Å²) in [5.41, 5.74) is 7.71. The van der Waals surface area contributed by atoms with Crippen molar-refractivity contribution >= 4 is 17.1 Å². The molecule has 2 N–H and O–H groups in total. The molecule has 0 saturated heterocycles. The average Bonchev–Trinajstić information content (AvgIpc) is 3.06. The molecule has 18 heavy (non-hydrogen) atoms. The summed E-state index contributed by atoms with van der Waals surface area (Å²) >= 11 is 1.50. The summed E-state index contributed by atoms with van der Waals surface area (Å²) in [7, 11) is 0. The lowest BCUT2D eigenvalue weighted by molar-refractivity contribution is 0.0959. The monoisotopic (exact) mass is 259 g/mol. The Bertz CT molecular complexity index is 577. The van der Waals surface area contributed by atoms with Crippen LogP contribution in [-0.2, 0) is 6.42 Å². The molecule has 0 fully saturated rings. The maximum atomic E-state index is 12.4. The summed E-state index contributed by atoms with van der Waals surface area (Å²) in [5.74, 6) is 0.644. The van der Waals surface area contributed by atoms with Gasteiger partial charge in [0.2, 0.25) is 0 Å². The van der Waals surface area contributed by atoms with E-state index in [0.29, 0.717) is 12.2 Å². The number of carbonyl (C=O) groups excluding carboxylic acids is 1. The second kappa shape index (κ2) is 4.55. The van der Waals surface area contributed by atoms with Crippen molar-refractivity contribution in [1.82, 2.24) is 0 Å². The maximum Gasteiger partial charge on any atom is 0.188 e. The summed E-state index contributed by atoms with van der Waals surface area (Å²) in [6, 6.07) is 8.87. The van der Waals surface area contributed by atoms with Gasteiger partial charge in [0.1, 0.15) is 11.8 Å². The first-order valence-corrected chi connectivity index (χ1v) is 6.73. The molecule has 1 atom stereocenters. The zero-order valence-electron chi connectivity index (χ0n) is 9.76. The normalized spacial score (nSPS) is 14.9. The molecule has 0 radical (unpaired) electrons. The molecule has 1 aromatic heterocycles. The Morgan fingerprint density at radius 1 is 1.33 bits per heavy atom. The molecule has 1 aromatic carbocycles. The summed E-state index contributed by atoms with van der Waals surface area (Å²) in [5, 5.41) is 1.92. The van der Waals surface area contributed by atoms with Crippen molar-refractivity contribution in [3.8, 4) is 5.75 Å². The third-order valence-electron chi connectivity index (χ3n) is 3.11. The average molecular weight is 259 g/mol. The van der Waals surface area contributed by atoms with Gasteiger partial charge in [-0.1, -0.05) is 18.2 Å². The Labute approximate surface area is 109 Å². The van der Waals surface area contributed by atoms with E-state index in [1.165, 1.54) is 11.3 Å².